The molecule has 1 saturated heterocycles. The zero-order valence-corrected chi connectivity index (χ0v) is 25.9. The van der Waals surface area contributed by atoms with Crippen LogP contribution in [0.15, 0.2) is 84.9 Å². The van der Waals surface area contributed by atoms with Crippen molar-refractivity contribution in [2.45, 2.75) is 26.7 Å². The molecule has 3 heterocycles. The quantitative estimate of drug-likeness (QED) is 0.128. The Morgan fingerprint density at radius 1 is 0.523 bits per heavy atom. The van der Waals surface area contributed by atoms with E-state index in [1.54, 1.807) is 0 Å². The van der Waals surface area contributed by atoms with E-state index in [2.05, 4.69) is 119 Å². The van der Waals surface area contributed by atoms with Gasteiger partial charge in [0.1, 0.15) is 0 Å². The second kappa shape index (κ2) is 12.8. The maximum absolute atomic E-state index is 4.90. The standard InChI is InChI=1S/C38H42N6/c1-27-13-15-35-31(25-27)37(29-9-3-5-11-33(29)41-35)39-17-7-19-43-21-23-44(24-22-43)20-8-18-40-38-30-10-4-6-12-34(30)42-36-16-14-28(2)26-32(36)38/h3-6,9-16,25-26H,7-8,17-24H2,1-2H3,(H,39,41)(H,40,42). The van der Waals surface area contributed by atoms with Crippen LogP contribution in [-0.2, 0) is 0 Å². The molecule has 0 spiro atoms. The topological polar surface area (TPSA) is 56.3 Å². The molecule has 44 heavy (non-hydrogen) atoms. The van der Waals surface area contributed by atoms with Crippen LogP contribution in [0, 0.1) is 13.8 Å². The van der Waals surface area contributed by atoms with Crippen molar-refractivity contribution < 1.29 is 0 Å². The minimum Gasteiger partial charge on any atom is -0.384 e. The van der Waals surface area contributed by atoms with E-state index in [1.165, 1.54) is 44.0 Å². The van der Waals surface area contributed by atoms with Gasteiger partial charge in [-0.2, -0.15) is 0 Å². The SMILES string of the molecule is Cc1ccc2nc3ccccc3c(NCCCN3CCN(CCCNc4c5ccccc5nc5ccc(C)cc45)CC3)c2c1. The molecule has 1 aliphatic rings. The number of anilines is 2. The van der Waals surface area contributed by atoms with E-state index in [0.717, 1.165) is 87.3 Å². The maximum Gasteiger partial charge on any atom is 0.0730 e. The molecule has 0 amide bonds. The number of para-hydroxylation sites is 2. The Kier molecular flexibility index (Phi) is 8.27. The number of nitrogens with one attached hydrogen (secondary N) is 2. The van der Waals surface area contributed by atoms with Gasteiger partial charge in [-0.3, -0.25) is 0 Å². The second-order valence-electron chi connectivity index (χ2n) is 12.3. The monoisotopic (exact) mass is 582 g/mol. The number of pyridine rings is 2. The summed E-state index contributed by atoms with van der Waals surface area (Å²) in [5.74, 6) is 0. The third kappa shape index (κ3) is 6.05. The van der Waals surface area contributed by atoms with Crippen LogP contribution >= 0.6 is 0 Å². The van der Waals surface area contributed by atoms with Crippen molar-refractivity contribution in [1.82, 2.24) is 19.8 Å². The Morgan fingerprint density at radius 3 is 1.39 bits per heavy atom. The fourth-order valence-electron chi connectivity index (χ4n) is 6.66. The average Bonchev–Trinajstić information content (AvgIpc) is 3.05. The van der Waals surface area contributed by atoms with Crippen molar-refractivity contribution in [2.75, 3.05) is 63.0 Å². The number of rotatable bonds is 10. The lowest BCUT2D eigenvalue weighted by atomic mass is 10.1. The van der Waals surface area contributed by atoms with Crippen LogP contribution in [0.4, 0.5) is 11.4 Å². The first-order valence-corrected chi connectivity index (χ1v) is 16.1. The van der Waals surface area contributed by atoms with E-state index < -0.39 is 0 Å². The van der Waals surface area contributed by atoms with E-state index in [4.69, 9.17) is 9.97 Å². The number of aromatic nitrogens is 2. The number of nitrogens with zero attached hydrogens (tertiary/aromatic N) is 4. The number of piperazine rings is 1. The molecule has 0 aliphatic carbocycles. The van der Waals surface area contributed by atoms with E-state index in [-0.39, 0.29) is 0 Å². The van der Waals surface area contributed by atoms with Crippen LogP contribution in [0.3, 0.4) is 0 Å². The summed E-state index contributed by atoms with van der Waals surface area (Å²) in [6.45, 7) is 13.1. The van der Waals surface area contributed by atoms with Gasteiger partial charge in [0.05, 0.1) is 33.4 Å². The van der Waals surface area contributed by atoms with Crippen molar-refractivity contribution in [2.24, 2.45) is 0 Å². The molecule has 4 aromatic carbocycles. The number of benzene rings is 4. The van der Waals surface area contributed by atoms with E-state index in [9.17, 15) is 0 Å². The molecule has 2 aromatic heterocycles. The first-order chi connectivity index (χ1) is 21.6. The summed E-state index contributed by atoms with van der Waals surface area (Å²) >= 11 is 0. The lowest BCUT2D eigenvalue weighted by Gasteiger charge is -2.34. The average molecular weight is 583 g/mol. The van der Waals surface area contributed by atoms with Gasteiger partial charge >= 0.3 is 0 Å². The molecule has 0 radical (unpaired) electrons. The van der Waals surface area contributed by atoms with E-state index >= 15 is 0 Å². The number of hydrogen-bond acceptors (Lipinski definition) is 6. The van der Waals surface area contributed by atoms with Crippen molar-refractivity contribution in [3.63, 3.8) is 0 Å². The maximum atomic E-state index is 4.90. The lowest BCUT2D eigenvalue weighted by molar-refractivity contribution is 0.132. The first-order valence-electron chi connectivity index (χ1n) is 16.1. The van der Waals surface area contributed by atoms with Gasteiger partial charge in [0.15, 0.2) is 0 Å². The molecule has 7 rings (SSSR count). The van der Waals surface area contributed by atoms with E-state index in [1.807, 2.05) is 0 Å². The van der Waals surface area contributed by atoms with Gasteiger partial charge in [-0.1, -0.05) is 59.7 Å². The molecule has 0 unspecified atom stereocenters. The van der Waals surface area contributed by atoms with Gasteiger partial charge in [-0.15, -0.1) is 0 Å². The zero-order valence-electron chi connectivity index (χ0n) is 25.9. The second-order valence-corrected chi connectivity index (χ2v) is 12.3. The first kappa shape index (κ1) is 28.5. The number of aryl methyl sites for hydroxylation is 2. The summed E-state index contributed by atoms with van der Waals surface area (Å²) in [6.07, 6.45) is 2.25. The number of hydrogen-bond donors (Lipinski definition) is 2. The summed E-state index contributed by atoms with van der Waals surface area (Å²) in [5, 5.41) is 12.4. The summed E-state index contributed by atoms with van der Waals surface area (Å²) in [6, 6.07) is 30.0. The molecule has 1 aliphatic heterocycles. The highest BCUT2D eigenvalue weighted by Crippen LogP contribution is 2.32. The van der Waals surface area contributed by atoms with E-state index in [0.29, 0.717) is 0 Å². The molecular formula is C38H42N6. The molecule has 6 aromatic rings. The summed E-state index contributed by atoms with van der Waals surface area (Å²) in [7, 11) is 0. The van der Waals surface area contributed by atoms with Gasteiger partial charge in [0.2, 0.25) is 0 Å². The van der Waals surface area contributed by atoms with Crippen LogP contribution in [0.25, 0.3) is 43.6 Å². The Labute approximate surface area is 260 Å². The van der Waals surface area contributed by atoms with Crippen LogP contribution in [-0.4, -0.2) is 72.1 Å². The molecule has 0 bridgehead atoms. The normalized spacial score (nSPS) is 14.6. The summed E-state index contributed by atoms with van der Waals surface area (Å²) in [4.78, 5) is 15.0. The zero-order chi connectivity index (χ0) is 29.9. The third-order valence-corrected chi connectivity index (χ3v) is 9.04. The van der Waals surface area contributed by atoms with Crippen LogP contribution in [0.5, 0.6) is 0 Å². The van der Waals surface area contributed by atoms with Gasteiger partial charge in [-0.05, 0) is 76.2 Å². The molecule has 6 nitrogen and oxygen atoms in total. The smallest absolute Gasteiger partial charge is 0.0730 e. The fraction of sp³-hybridized carbons (Fsp3) is 0.316. The van der Waals surface area contributed by atoms with Crippen LogP contribution < -0.4 is 10.6 Å². The Bertz CT molecular complexity index is 1780. The highest BCUT2D eigenvalue weighted by Gasteiger charge is 2.17. The third-order valence-electron chi connectivity index (χ3n) is 9.04. The Morgan fingerprint density at radius 2 is 0.932 bits per heavy atom. The summed E-state index contributed by atoms with van der Waals surface area (Å²) in [5.41, 5.74) is 9.18. The molecule has 1 fully saturated rings. The molecule has 2 N–H and O–H groups in total. The molecular weight excluding hydrogens is 540 g/mol. The highest BCUT2D eigenvalue weighted by atomic mass is 15.3. The Hall–Kier alpha value is -4.26. The highest BCUT2D eigenvalue weighted by molar-refractivity contribution is 6.08. The predicted molar refractivity (Wildman–Crippen MR) is 187 cm³/mol. The lowest BCUT2D eigenvalue weighted by Crippen LogP contribution is -2.47. The molecule has 224 valence electrons. The van der Waals surface area contributed by atoms with Gasteiger partial charge in [0.25, 0.3) is 0 Å². The minimum atomic E-state index is 0.959. The molecule has 6 heteroatoms. The van der Waals surface area contributed by atoms with Gasteiger partial charge in [-0.25, -0.2) is 9.97 Å². The minimum absolute atomic E-state index is 0.959. The molecule has 0 saturated carbocycles. The van der Waals surface area contributed by atoms with Crippen molar-refractivity contribution in [1.29, 1.82) is 0 Å². The number of fused-ring (bicyclic) bond motifs is 4. The van der Waals surface area contributed by atoms with Gasteiger partial charge in [0, 0.05) is 60.8 Å². The van der Waals surface area contributed by atoms with Crippen molar-refractivity contribution in [3.05, 3.63) is 96.1 Å². The molecule has 0 atom stereocenters. The van der Waals surface area contributed by atoms with Crippen molar-refractivity contribution >= 4 is 55.0 Å². The summed E-state index contributed by atoms with van der Waals surface area (Å²) < 4.78 is 0. The fourth-order valence-corrected chi connectivity index (χ4v) is 6.66. The predicted octanol–water partition coefficient (Wildman–Crippen LogP) is 7.63. The largest absolute Gasteiger partial charge is 0.384 e. The van der Waals surface area contributed by atoms with Gasteiger partial charge < -0.3 is 20.4 Å². The van der Waals surface area contributed by atoms with Crippen molar-refractivity contribution in [3.8, 4) is 0 Å². The Balaban J connectivity index is 0.888. The van der Waals surface area contributed by atoms with Crippen LogP contribution in [0.1, 0.15) is 24.0 Å². The van der Waals surface area contributed by atoms with Crippen LogP contribution in [0.2, 0.25) is 0 Å².